The van der Waals surface area contributed by atoms with E-state index >= 15 is 0 Å². The Balaban J connectivity index is 1.75. The fourth-order valence-corrected chi connectivity index (χ4v) is 3.20. The van der Waals surface area contributed by atoms with Gasteiger partial charge in [-0.05, 0) is 42.7 Å². The Kier molecular flexibility index (Phi) is 7.53. The molecule has 10 heteroatoms. The van der Waals surface area contributed by atoms with Gasteiger partial charge in [0, 0.05) is 12.7 Å². The molecule has 0 aliphatic carbocycles. The van der Waals surface area contributed by atoms with Gasteiger partial charge in [-0.2, -0.15) is 13.2 Å². The summed E-state index contributed by atoms with van der Waals surface area (Å²) in [5, 5.41) is 6.14. The minimum absolute atomic E-state index is 0.0809. The number of halogens is 4. The smallest absolute Gasteiger partial charge is 0.357 e. The molecule has 0 saturated heterocycles. The minimum atomic E-state index is -4.41. The molecule has 0 aliphatic heterocycles. The van der Waals surface area contributed by atoms with Gasteiger partial charge in [0.1, 0.15) is 22.6 Å². The molecular formula is C23H23ClF3N5O. The average molecular weight is 478 g/mol. The van der Waals surface area contributed by atoms with Crippen molar-refractivity contribution in [2.75, 3.05) is 5.32 Å². The maximum absolute atomic E-state index is 12.9. The van der Waals surface area contributed by atoms with E-state index in [9.17, 15) is 18.0 Å². The maximum atomic E-state index is 12.9. The number of carbonyl (C=O) groups is 1. The summed E-state index contributed by atoms with van der Waals surface area (Å²) < 4.78 is 38.2. The molecule has 0 radical (unpaired) electrons. The van der Waals surface area contributed by atoms with Gasteiger partial charge in [0.15, 0.2) is 5.82 Å². The van der Waals surface area contributed by atoms with Crippen LogP contribution in [0.2, 0.25) is 5.02 Å². The molecule has 174 valence electrons. The van der Waals surface area contributed by atoms with E-state index in [2.05, 4.69) is 25.6 Å². The number of aromatic nitrogens is 3. The predicted octanol–water partition coefficient (Wildman–Crippen LogP) is 5.27. The van der Waals surface area contributed by atoms with E-state index in [4.69, 9.17) is 11.6 Å². The van der Waals surface area contributed by atoms with Gasteiger partial charge in [0.25, 0.3) is 0 Å². The van der Waals surface area contributed by atoms with E-state index in [1.165, 1.54) is 12.1 Å². The van der Waals surface area contributed by atoms with Gasteiger partial charge in [-0.15, -0.1) is 0 Å². The van der Waals surface area contributed by atoms with Crippen LogP contribution >= 0.6 is 11.6 Å². The van der Waals surface area contributed by atoms with E-state index < -0.39 is 17.8 Å². The van der Waals surface area contributed by atoms with Crippen molar-refractivity contribution >= 4 is 23.3 Å². The second-order valence-electron chi connectivity index (χ2n) is 7.79. The zero-order valence-corrected chi connectivity index (χ0v) is 19.0. The standard InChI is InChI=1S/C23H23ClF3N5O/c1-13(2)19(22(33)29-12-15-7-9-16(10-8-15)23(25,26)27)31-21-18(24)14(3)30-20(32-21)17-6-4-5-11-28-17/h4-11,13,19H,12H2,1-3H3,(H,29,33)(H,30,31,32). The number of rotatable bonds is 7. The molecule has 33 heavy (non-hydrogen) atoms. The van der Waals surface area contributed by atoms with Gasteiger partial charge in [0.2, 0.25) is 5.91 Å². The second-order valence-corrected chi connectivity index (χ2v) is 8.17. The van der Waals surface area contributed by atoms with Crippen LogP contribution in [0, 0.1) is 12.8 Å². The molecule has 2 aromatic heterocycles. The van der Waals surface area contributed by atoms with Gasteiger partial charge in [-0.1, -0.05) is 43.6 Å². The predicted molar refractivity (Wildman–Crippen MR) is 121 cm³/mol. The molecule has 3 aromatic rings. The Labute approximate surface area is 194 Å². The summed E-state index contributed by atoms with van der Waals surface area (Å²) in [5.74, 6) is 0.194. The first kappa shape index (κ1) is 24.4. The van der Waals surface area contributed by atoms with Crippen molar-refractivity contribution < 1.29 is 18.0 Å². The number of amides is 1. The summed E-state index contributed by atoms with van der Waals surface area (Å²) >= 11 is 6.40. The number of benzene rings is 1. The first-order valence-electron chi connectivity index (χ1n) is 10.2. The van der Waals surface area contributed by atoms with E-state index in [0.29, 0.717) is 28.6 Å². The number of anilines is 1. The third-order valence-electron chi connectivity index (χ3n) is 4.90. The molecule has 2 heterocycles. The molecule has 0 aliphatic rings. The molecule has 0 bridgehead atoms. The van der Waals surface area contributed by atoms with Crippen LogP contribution in [-0.2, 0) is 17.5 Å². The topological polar surface area (TPSA) is 79.8 Å². The molecule has 2 N–H and O–H groups in total. The molecule has 0 fully saturated rings. The molecule has 3 rings (SSSR count). The molecule has 0 spiro atoms. The van der Waals surface area contributed by atoms with Gasteiger partial charge < -0.3 is 10.6 Å². The summed E-state index contributed by atoms with van der Waals surface area (Å²) in [4.78, 5) is 26.0. The molecule has 1 amide bonds. The molecule has 1 atom stereocenters. The number of aryl methyl sites for hydroxylation is 1. The van der Waals surface area contributed by atoms with Crippen LogP contribution in [0.5, 0.6) is 0 Å². The molecule has 1 aromatic carbocycles. The average Bonchev–Trinajstić information content (AvgIpc) is 2.78. The Morgan fingerprint density at radius 2 is 1.79 bits per heavy atom. The summed E-state index contributed by atoms with van der Waals surface area (Å²) in [6, 6.07) is 9.32. The normalized spacial score (nSPS) is 12.5. The summed E-state index contributed by atoms with van der Waals surface area (Å²) in [5.41, 5.74) is 0.902. The van der Waals surface area contributed by atoms with E-state index in [1.807, 2.05) is 19.9 Å². The lowest BCUT2D eigenvalue weighted by molar-refractivity contribution is -0.137. The number of nitrogens with one attached hydrogen (secondary N) is 2. The highest BCUT2D eigenvalue weighted by Crippen LogP contribution is 2.29. The fourth-order valence-electron chi connectivity index (χ4n) is 3.06. The first-order valence-corrected chi connectivity index (χ1v) is 10.6. The van der Waals surface area contributed by atoms with Crippen molar-refractivity contribution in [2.24, 2.45) is 5.92 Å². The third-order valence-corrected chi connectivity index (χ3v) is 5.35. The van der Waals surface area contributed by atoms with Crippen molar-refractivity contribution in [3.63, 3.8) is 0 Å². The van der Waals surface area contributed by atoms with Gasteiger partial charge in [-0.25, -0.2) is 9.97 Å². The molecule has 6 nitrogen and oxygen atoms in total. The second kappa shape index (κ2) is 10.2. The lowest BCUT2D eigenvalue weighted by Gasteiger charge is -2.23. The third kappa shape index (κ3) is 6.19. The van der Waals surface area contributed by atoms with E-state index in [0.717, 1.165) is 12.1 Å². The summed E-state index contributed by atoms with van der Waals surface area (Å²) in [6.07, 6.45) is -2.78. The van der Waals surface area contributed by atoms with Crippen LogP contribution < -0.4 is 10.6 Å². The zero-order chi connectivity index (χ0) is 24.2. The van der Waals surface area contributed by atoms with Crippen molar-refractivity contribution in [1.29, 1.82) is 0 Å². The van der Waals surface area contributed by atoms with Crippen molar-refractivity contribution in [1.82, 2.24) is 20.3 Å². The highest BCUT2D eigenvalue weighted by Gasteiger charge is 2.30. The monoisotopic (exact) mass is 477 g/mol. The highest BCUT2D eigenvalue weighted by atomic mass is 35.5. The van der Waals surface area contributed by atoms with Gasteiger partial charge in [0.05, 0.1) is 11.3 Å². The van der Waals surface area contributed by atoms with Crippen molar-refractivity contribution in [2.45, 2.75) is 39.5 Å². The number of nitrogens with zero attached hydrogens (tertiary/aromatic N) is 3. The minimum Gasteiger partial charge on any atom is -0.357 e. The fraction of sp³-hybridized carbons (Fsp3) is 0.304. The SMILES string of the molecule is Cc1nc(-c2ccccn2)nc(NC(C(=O)NCc2ccc(C(F)(F)F)cc2)C(C)C)c1Cl. The molecule has 1 unspecified atom stereocenters. The van der Waals surface area contributed by atoms with Crippen LogP contribution in [-0.4, -0.2) is 26.9 Å². The number of pyridine rings is 1. The van der Waals surface area contributed by atoms with Crippen molar-refractivity contribution in [3.05, 3.63) is 70.5 Å². The van der Waals surface area contributed by atoms with E-state index in [-0.39, 0.29) is 23.4 Å². The van der Waals surface area contributed by atoms with E-state index in [1.54, 1.807) is 25.3 Å². The van der Waals surface area contributed by atoms with Gasteiger partial charge in [-0.3, -0.25) is 9.78 Å². The lowest BCUT2D eigenvalue weighted by Crippen LogP contribution is -2.43. The van der Waals surface area contributed by atoms with Crippen LogP contribution in [0.15, 0.2) is 48.7 Å². The number of hydrogen-bond acceptors (Lipinski definition) is 5. The Morgan fingerprint density at radius 1 is 1.09 bits per heavy atom. The number of alkyl halides is 3. The zero-order valence-electron chi connectivity index (χ0n) is 18.2. The highest BCUT2D eigenvalue weighted by molar-refractivity contribution is 6.33. The quantitative estimate of drug-likeness (QED) is 0.484. The lowest BCUT2D eigenvalue weighted by atomic mass is 10.0. The maximum Gasteiger partial charge on any atom is 0.416 e. The Bertz CT molecular complexity index is 1110. The van der Waals surface area contributed by atoms with Crippen LogP contribution in [0.25, 0.3) is 11.5 Å². The summed E-state index contributed by atoms with van der Waals surface area (Å²) in [6.45, 7) is 5.53. The summed E-state index contributed by atoms with van der Waals surface area (Å²) in [7, 11) is 0. The molecular weight excluding hydrogens is 455 g/mol. The first-order chi connectivity index (χ1) is 15.6. The Morgan fingerprint density at radius 3 is 2.36 bits per heavy atom. The number of hydrogen-bond donors (Lipinski definition) is 2. The Hall–Kier alpha value is -3.20. The number of carbonyl (C=O) groups excluding carboxylic acids is 1. The van der Waals surface area contributed by atoms with Crippen LogP contribution in [0.3, 0.4) is 0 Å². The van der Waals surface area contributed by atoms with Crippen LogP contribution in [0.1, 0.15) is 30.7 Å². The van der Waals surface area contributed by atoms with Crippen LogP contribution in [0.4, 0.5) is 19.0 Å². The molecule has 0 saturated carbocycles. The van der Waals surface area contributed by atoms with Crippen molar-refractivity contribution in [3.8, 4) is 11.5 Å². The van der Waals surface area contributed by atoms with Gasteiger partial charge >= 0.3 is 6.18 Å². The largest absolute Gasteiger partial charge is 0.416 e.